The van der Waals surface area contributed by atoms with E-state index in [0.717, 1.165) is 4.47 Å². The summed E-state index contributed by atoms with van der Waals surface area (Å²) in [7, 11) is 0. The van der Waals surface area contributed by atoms with Crippen molar-refractivity contribution < 1.29 is 9.21 Å². The number of carbonyl (C=O) groups is 1. The number of nitrogens with zero attached hydrogens (tertiary/aromatic N) is 3. The standard InChI is InChI=1S/C17H13Br2ClN4O2S/c1-2-7-24-16(13-5-6-14(19)26-13)22-23-17(24)27-9-15(25)21-12-4-3-10(18)8-11(12)20/h2-6,8H,1,7,9H2,(H,21,25). The Balaban J connectivity index is 1.71. The third kappa shape index (κ3) is 5.04. The van der Waals surface area contributed by atoms with Crippen LogP contribution in [0.1, 0.15) is 0 Å². The van der Waals surface area contributed by atoms with E-state index in [9.17, 15) is 4.79 Å². The fraction of sp³-hybridized carbons (Fsp3) is 0.118. The second-order valence-electron chi connectivity index (χ2n) is 5.27. The van der Waals surface area contributed by atoms with Gasteiger partial charge in [-0.3, -0.25) is 9.36 Å². The van der Waals surface area contributed by atoms with Crippen molar-refractivity contribution in [1.29, 1.82) is 0 Å². The molecule has 0 radical (unpaired) electrons. The Kier molecular flexibility index (Phi) is 6.80. The monoisotopic (exact) mass is 530 g/mol. The number of aromatic nitrogens is 3. The van der Waals surface area contributed by atoms with Gasteiger partial charge >= 0.3 is 0 Å². The number of halogens is 3. The maximum atomic E-state index is 12.3. The van der Waals surface area contributed by atoms with Crippen LogP contribution in [-0.4, -0.2) is 26.4 Å². The van der Waals surface area contributed by atoms with E-state index in [-0.39, 0.29) is 11.7 Å². The zero-order chi connectivity index (χ0) is 19.4. The molecule has 0 aliphatic heterocycles. The summed E-state index contributed by atoms with van der Waals surface area (Å²) in [5.41, 5.74) is 0.555. The van der Waals surface area contributed by atoms with Gasteiger partial charge in [0.05, 0.1) is 16.5 Å². The summed E-state index contributed by atoms with van der Waals surface area (Å²) in [6, 6.07) is 8.85. The van der Waals surface area contributed by atoms with Crippen LogP contribution in [-0.2, 0) is 11.3 Å². The summed E-state index contributed by atoms with van der Waals surface area (Å²) in [6.45, 7) is 4.25. The molecule has 0 unspecified atom stereocenters. The van der Waals surface area contributed by atoms with Crippen LogP contribution in [0, 0.1) is 0 Å². The normalized spacial score (nSPS) is 10.8. The molecule has 10 heteroatoms. The van der Waals surface area contributed by atoms with Gasteiger partial charge in [0.2, 0.25) is 11.7 Å². The van der Waals surface area contributed by atoms with Gasteiger partial charge in [-0.15, -0.1) is 16.8 Å². The SMILES string of the molecule is C=CCn1c(SCC(=O)Nc2ccc(Br)cc2Cl)nnc1-c1ccc(Br)o1. The zero-order valence-corrected chi connectivity index (χ0v) is 18.5. The van der Waals surface area contributed by atoms with E-state index in [1.54, 1.807) is 30.3 Å². The predicted molar refractivity (Wildman–Crippen MR) is 114 cm³/mol. The molecule has 0 atom stereocenters. The lowest BCUT2D eigenvalue weighted by Gasteiger charge is -2.08. The molecule has 0 saturated heterocycles. The summed E-state index contributed by atoms with van der Waals surface area (Å²) in [5, 5.41) is 12.2. The van der Waals surface area contributed by atoms with Gasteiger partial charge in [-0.05, 0) is 46.3 Å². The van der Waals surface area contributed by atoms with Gasteiger partial charge < -0.3 is 9.73 Å². The van der Waals surface area contributed by atoms with Gasteiger partial charge in [-0.2, -0.15) is 0 Å². The lowest BCUT2D eigenvalue weighted by Crippen LogP contribution is -2.15. The maximum Gasteiger partial charge on any atom is 0.234 e. The Morgan fingerprint density at radius 1 is 1.33 bits per heavy atom. The highest BCUT2D eigenvalue weighted by Crippen LogP contribution is 2.28. The van der Waals surface area contributed by atoms with Gasteiger partial charge in [-0.25, -0.2) is 0 Å². The number of carbonyl (C=O) groups excluding carboxylic acids is 1. The summed E-state index contributed by atoms with van der Waals surface area (Å²) in [6.07, 6.45) is 1.73. The highest BCUT2D eigenvalue weighted by Gasteiger charge is 2.17. The first-order valence-electron chi connectivity index (χ1n) is 7.65. The summed E-state index contributed by atoms with van der Waals surface area (Å²) in [5.74, 6) is 1.11. The van der Waals surface area contributed by atoms with Crippen molar-refractivity contribution in [2.24, 2.45) is 0 Å². The van der Waals surface area contributed by atoms with Gasteiger partial charge in [-0.1, -0.05) is 45.4 Å². The maximum absolute atomic E-state index is 12.3. The molecule has 0 bridgehead atoms. The molecule has 0 aliphatic carbocycles. The Bertz CT molecular complexity index is 989. The van der Waals surface area contributed by atoms with E-state index < -0.39 is 0 Å². The van der Waals surface area contributed by atoms with Crippen molar-refractivity contribution in [3.8, 4) is 11.6 Å². The molecule has 3 aromatic rings. The smallest absolute Gasteiger partial charge is 0.234 e. The van der Waals surface area contributed by atoms with Crippen molar-refractivity contribution in [2.45, 2.75) is 11.7 Å². The van der Waals surface area contributed by atoms with Crippen molar-refractivity contribution in [3.63, 3.8) is 0 Å². The van der Waals surface area contributed by atoms with Crippen LogP contribution < -0.4 is 5.32 Å². The van der Waals surface area contributed by atoms with Crippen molar-refractivity contribution in [1.82, 2.24) is 14.8 Å². The quantitative estimate of drug-likeness (QED) is 0.315. The van der Waals surface area contributed by atoms with E-state index in [0.29, 0.717) is 38.7 Å². The minimum Gasteiger partial charge on any atom is -0.446 e. The van der Waals surface area contributed by atoms with Crippen LogP contribution >= 0.6 is 55.2 Å². The van der Waals surface area contributed by atoms with E-state index >= 15 is 0 Å². The molecule has 1 aromatic carbocycles. The number of rotatable bonds is 7. The third-order valence-corrected chi connectivity index (χ3v) is 5.56. The third-order valence-electron chi connectivity index (χ3n) is 3.36. The average Bonchev–Trinajstić information content (AvgIpc) is 3.22. The average molecular weight is 533 g/mol. The first-order chi connectivity index (χ1) is 13.0. The topological polar surface area (TPSA) is 73.0 Å². The second-order valence-corrected chi connectivity index (χ2v) is 8.32. The fourth-order valence-corrected chi connectivity index (χ4v) is 3.99. The van der Waals surface area contributed by atoms with Crippen LogP contribution in [0.15, 0.2) is 61.7 Å². The molecule has 2 heterocycles. The molecule has 0 saturated carbocycles. The van der Waals surface area contributed by atoms with Gasteiger partial charge in [0, 0.05) is 11.0 Å². The van der Waals surface area contributed by atoms with Gasteiger partial charge in [0.1, 0.15) is 0 Å². The van der Waals surface area contributed by atoms with E-state index in [4.69, 9.17) is 16.0 Å². The highest BCUT2D eigenvalue weighted by molar-refractivity contribution is 9.10. The highest BCUT2D eigenvalue weighted by atomic mass is 79.9. The number of thioether (sulfide) groups is 1. The number of benzene rings is 1. The first kappa shape index (κ1) is 20.2. The Morgan fingerprint density at radius 3 is 2.81 bits per heavy atom. The zero-order valence-electron chi connectivity index (χ0n) is 13.8. The summed E-state index contributed by atoms with van der Waals surface area (Å²) < 4.78 is 8.83. The Hall–Kier alpha value is -1.55. The lowest BCUT2D eigenvalue weighted by molar-refractivity contribution is -0.113. The molecular formula is C17H13Br2ClN4O2S. The van der Waals surface area contributed by atoms with Crippen LogP contribution in [0.2, 0.25) is 5.02 Å². The minimum absolute atomic E-state index is 0.156. The number of anilines is 1. The second kappa shape index (κ2) is 9.09. The van der Waals surface area contributed by atoms with E-state index in [2.05, 4.69) is 54.0 Å². The van der Waals surface area contributed by atoms with Crippen LogP contribution in [0.5, 0.6) is 0 Å². The molecule has 2 aromatic heterocycles. The Labute approximate surface area is 181 Å². The molecular weight excluding hydrogens is 520 g/mol. The number of hydrogen-bond donors (Lipinski definition) is 1. The molecule has 3 rings (SSSR count). The van der Waals surface area contributed by atoms with E-state index in [1.165, 1.54) is 11.8 Å². The molecule has 0 fully saturated rings. The number of allylic oxidation sites excluding steroid dienone is 1. The van der Waals surface area contributed by atoms with Crippen LogP contribution in [0.25, 0.3) is 11.6 Å². The van der Waals surface area contributed by atoms with Crippen LogP contribution in [0.4, 0.5) is 5.69 Å². The van der Waals surface area contributed by atoms with Gasteiger partial charge in [0.15, 0.2) is 15.6 Å². The van der Waals surface area contributed by atoms with Crippen molar-refractivity contribution in [3.05, 3.63) is 57.2 Å². The fourth-order valence-electron chi connectivity index (χ4n) is 2.21. The largest absolute Gasteiger partial charge is 0.446 e. The number of nitrogens with one attached hydrogen (secondary N) is 1. The van der Waals surface area contributed by atoms with Gasteiger partial charge in [0.25, 0.3) is 0 Å². The van der Waals surface area contributed by atoms with Crippen molar-refractivity contribution >= 4 is 66.8 Å². The number of amides is 1. The summed E-state index contributed by atoms with van der Waals surface area (Å²) in [4.78, 5) is 12.3. The predicted octanol–water partition coefficient (Wildman–Crippen LogP) is 5.63. The van der Waals surface area contributed by atoms with Crippen molar-refractivity contribution in [2.75, 3.05) is 11.1 Å². The minimum atomic E-state index is -0.195. The summed E-state index contributed by atoms with van der Waals surface area (Å²) >= 11 is 14.0. The van der Waals surface area contributed by atoms with E-state index in [1.807, 2.05) is 10.6 Å². The lowest BCUT2D eigenvalue weighted by atomic mass is 10.3. The number of furan rings is 1. The molecule has 27 heavy (non-hydrogen) atoms. The Morgan fingerprint density at radius 2 is 2.15 bits per heavy atom. The van der Waals surface area contributed by atoms with Crippen LogP contribution in [0.3, 0.4) is 0 Å². The molecule has 1 amide bonds. The molecule has 0 spiro atoms. The molecule has 1 N–H and O–H groups in total. The molecule has 6 nitrogen and oxygen atoms in total. The number of hydrogen-bond acceptors (Lipinski definition) is 5. The first-order valence-corrected chi connectivity index (χ1v) is 10.6. The molecule has 0 aliphatic rings. The molecule has 140 valence electrons.